The first-order valence-corrected chi connectivity index (χ1v) is 7.47. The van der Waals surface area contributed by atoms with Crippen LogP contribution in [0.5, 0.6) is 0 Å². The van der Waals surface area contributed by atoms with Gasteiger partial charge < -0.3 is 5.73 Å². The van der Waals surface area contributed by atoms with E-state index in [1.165, 1.54) is 21.9 Å². The van der Waals surface area contributed by atoms with Crippen LogP contribution in [0, 0.1) is 0 Å². The Morgan fingerprint density at radius 2 is 1.81 bits per heavy atom. The highest BCUT2D eigenvalue weighted by Gasteiger charge is 2.09. The number of nitrogens with zero attached hydrogens (tertiary/aromatic N) is 1. The smallest absolute Gasteiger partial charge is 0.0349 e. The van der Waals surface area contributed by atoms with Crippen molar-refractivity contribution in [2.45, 2.75) is 25.3 Å². The van der Waals surface area contributed by atoms with Crippen LogP contribution in [0.25, 0.3) is 10.8 Å². The minimum absolute atomic E-state index is 0.0709. The highest BCUT2D eigenvalue weighted by Crippen LogP contribution is 2.25. The van der Waals surface area contributed by atoms with Gasteiger partial charge in [0.1, 0.15) is 0 Å². The second-order valence-electron chi connectivity index (χ2n) is 5.43. The first-order valence-electron chi connectivity index (χ1n) is 7.47. The van der Waals surface area contributed by atoms with Gasteiger partial charge in [0.2, 0.25) is 0 Å². The monoisotopic (exact) mass is 276 g/mol. The summed E-state index contributed by atoms with van der Waals surface area (Å²) in [7, 11) is 0. The van der Waals surface area contributed by atoms with Gasteiger partial charge in [-0.1, -0.05) is 48.5 Å². The lowest BCUT2D eigenvalue weighted by molar-refractivity contribution is 0.615. The largest absolute Gasteiger partial charge is 0.324 e. The highest BCUT2D eigenvalue weighted by molar-refractivity contribution is 5.85. The van der Waals surface area contributed by atoms with Gasteiger partial charge >= 0.3 is 0 Å². The SMILES string of the molecule is NC(CCCc1ccccc1)c1cccc2ccncc12. The van der Waals surface area contributed by atoms with Gasteiger partial charge in [0.25, 0.3) is 0 Å². The minimum Gasteiger partial charge on any atom is -0.324 e. The lowest BCUT2D eigenvalue weighted by Crippen LogP contribution is -2.11. The van der Waals surface area contributed by atoms with E-state index in [9.17, 15) is 0 Å². The zero-order valence-electron chi connectivity index (χ0n) is 12.1. The van der Waals surface area contributed by atoms with Crippen molar-refractivity contribution in [3.8, 4) is 0 Å². The Kier molecular flexibility index (Phi) is 4.27. The van der Waals surface area contributed by atoms with Crippen molar-refractivity contribution in [1.82, 2.24) is 4.98 Å². The van der Waals surface area contributed by atoms with E-state index in [-0.39, 0.29) is 6.04 Å². The van der Waals surface area contributed by atoms with Gasteiger partial charge in [-0.2, -0.15) is 0 Å². The molecule has 2 aromatic carbocycles. The van der Waals surface area contributed by atoms with Gasteiger partial charge in [-0.05, 0) is 41.8 Å². The molecule has 2 N–H and O–H groups in total. The maximum absolute atomic E-state index is 6.40. The molecule has 3 aromatic rings. The number of pyridine rings is 1. The first-order chi connectivity index (χ1) is 10.3. The summed E-state index contributed by atoms with van der Waals surface area (Å²) >= 11 is 0. The molecule has 2 nitrogen and oxygen atoms in total. The molecular formula is C19H20N2. The first kappa shape index (κ1) is 13.8. The van der Waals surface area contributed by atoms with E-state index in [2.05, 4.69) is 53.5 Å². The standard InChI is InChI=1S/C19H20N2/c20-19(11-4-8-15-6-2-1-3-7-15)17-10-5-9-16-12-13-21-14-18(16)17/h1-3,5-7,9-10,12-14,19H,4,8,11,20H2. The van der Waals surface area contributed by atoms with Gasteiger partial charge in [-0.3, -0.25) is 4.98 Å². The van der Waals surface area contributed by atoms with E-state index in [0.29, 0.717) is 0 Å². The van der Waals surface area contributed by atoms with E-state index >= 15 is 0 Å². The fraction of sp³-hybridized carbons (Fsp3) is 0.211. The maximum Gasteiger partial charge on any atom is 0.0349 e. The minimum atomic E-state index is 0.0709. The number of aryl methyl sites for hydroxylation is 1. The molecule has 0 fully saturated rings. The lowest BCUT2D eigenvalue weighted by Gasteiger charge is -2.14. The van der Waals surface area contributed by atoms with Crippen LogP contribution in [-0.4, -0.2) is 4.98 Å². The number of hydrogen-bond donors (Lipinski definition) is 1. The van der Waals surface area contributed by atoms with Gasteiger partial charge in [0.05, 0.1) is 0 Å². The summed E-state index contributed by atoms with van der Waals surface area (Å²) in [5.41, 5.74) is 8.98. The average molecular weight is 276 g/mol. The van der Waals surface area contributed by atoms with E-state index in [4.69, 9.17) is 5.73 Å². The van der Waals surface area contributed by atoms with E-state index in [1.54, 1.807) is 0 Å². The number of hydrogen-bond acceptors (Lipinski definition) is 2. The molecule has 0 aliphatic heterocycles. The zero-order chi connectivity index (χ0) is 14.5. The Morgan fingerprint density at radius 1 is 0.952 bits per heavy atom. The van der Waals surface area contributed by atoms with Crippen LogP contribution in [0.4, 0.5) is 0 Å². The second kappa shape index (κ2) is 6.51. The summed E-state index contributed by atoms with van der Waals surface area (Å²) in [6.07, 6.45) is 6.91. The molecule has 106 valence electrons. The molecule has 1 atom stereocenters. The predicted octanol–water partition coefficient (Wildman–Crippen LogP) is 4.26. The topological polar surface area (TPSA) is 38.9 Å². The van der Waals surface area contributed by atoms with Crippen molar-refractivity contribution in [3.05, 3.63) is 78.1 Å². The molecule has 0 radical (unpaired) electrons. The Balaban J connectivity index is 1.68. The third-order valence-corrected chi connectivity index (χ3v) is 3.94. The van der Waals surface area contributed by atoms with Gasteiger partial charge in [0, 0.05) is 23.8 Å². The molecule has 2 heteroatoms. The van der Waals surface area contributed by atoms with Crippen LogP contribution in [0.2, 0.25) is 0 Å². The summed E-state index contributed by atoms with van der Waals surface area (Å²) in [5.74, 6) is 0. The third kappa shape index (κ3) is 3.29. The van der Waals surface area contributed by atoms with Gasteiger partial charge in [0.15, 0.2) is 0 Å². The normalized spacial score (nSPS) is 12.4. The number of fused-ring (bicyclic) bond motifs is 1. The molecule has 1 aromatic heterocycles. The Labute approximate surface area is 125 Å². The number of nitrogens with two attached hydrogens (primary N) is 1. The fourth-order valence-corrected chi connectivity index (χ4v) is 2.79. The fourth-order valence-electron chi connectivity index (χ4n) is 2.79. The molecular weight excluding hydrogens is 256 g/mol. The van der Waals surface area contributed by atoms with Gasteiger partial charge in [-0.15, -0.1) is 0 Å². The summed E-state index contributed by atoms with van der Waals surface area (Å²) in [6.45, 7) is 0. The molecule has 0 spiro atoms. The quantitative estimate of drug-likeness (QED) is 0.756. The van der Waals surface area contributed by atoms with Crippen LogP contribution in [0.3, 0.4) is 0 Å². The van der Waals surface area contributed by atoms with Gasteiger partial charge in [-0.25, -0.2) is 0 Å². The van der Waals surface area contributed by atoms with Crippen LogP contribution >= 0.6 is 0 Å². The molecule has 0 saturated carbocycles. The second-order valence-corrected chi connectivity index (χ2v) is 5.43. The molecule has 0 saturated heterocycles. The maximum atomic E-state index is 6.40. The van der Waals surface area contributed by atoms with Crippen LogP contribution in [0.1, 0.15) is 30.0 Å². The number of aromatic nitrogens is 1. The van der Waals surface area contributed by atoms with E-state index in [0.717, 1.165) is 19.3 Å². The van der Waals surface area contributed by atoms with Crippen LogP contribution < -0.4 is 5.73 Å². The molecule has 21 heavy (non-hydrogen) atoms. The van der Waals surface area contributed by atoms with Crippen LogP contribution in [0.15, 0.2) is 67.0 Å². The lowest BCUT2D eigenvalue weighted by atomic mass is 9.96. The number of rotatable bonds is 5. The third-order valence-electron chi connectivity index (χ3n) is 3.94. The Hall–Kier alpha value is -2.19. The molecule has 0 bridgehead atoms. The van der Waals surface area contributed by atoms with Crippen molar-refractivity contribution in [2.24, 2.45) is 5.73 Å². The van der Waals surface area contributed by atoms with Crippen molar-refractivity contribution >= 4 is 10.8 Å². The Morgan fingerprint density at radius 3 is 2.67 bits per heavy atom. The molecule has 0 amide bonds. The summed E-state index contributed by atoms with van der Waals surface area (Å²) in [6, 6.07) is 19.0. The molecule has 1 unspecified atom stereocenters. The molecule has 3 rings (SSSR count). The molecule has 0 aliphatic carbocycles. The summed E-state index contributed by atoms with van der Waals surface area (Å²) < 4.78 is 0. The van der Waals surface area contributed by atoms with Crippen molar-refractivity contribution in [3.63, 3.8) is 0 Å². The molecule has 1 heterocycles. The van der Waals surface area contributed by atoms with Crippen LogP contribution in [-0.2, 0) is 6.42 Å². The van der Waals surface area contributed by atoms with Crippen molar-refractivity contribution < 1.29 is 0 Å². The van der Waals surface area contributed by atoms with E-state index in [1.807, 2.05) is 18.5 Å². The highest BCUT2D eigenvalue weighted by atomic mass is 14.6. The molecule has 0 aliphatic rings. The number of benzene rings is 2. The Bertz CT molecular complexity index is 702. The van der Waals surface area contributed by atoms with Crippen molar-refractivity contribution in [1.29, 1.82) is 0 Å². The summed E-state index contributed by atoms with van der Waals surface area (Å²) in [5, 5.41) is 2.38. The summed E-state index contributed by atoms with van der Waals surface area (Å²) in [4.78, 5) is 4.23. The zero-order valence-corrected chi connectivity index (χ0v) is 12.1. The van der Waals surface area contributed by atoms with Crippen molar-refractivity contribution in [2.75, 3.05) is 0 Å². The predicted molar refractivity (Wildman–Crippen MR) is 88.1 cm³/mol. The average Bonchev–Trinajstić information content (AvgIpc) is 2.55. The van der Waals surface area contributed by atoms with E-state index < -0.39 is 0 Å².